The van der Waals surface area contributed by atoms with E-state index >= 15 is 0 Å². The molecule has 0 bridgehead atoms. The van der Waals surface area contributed by atoms with Crippen LogP contribution in [0.3, 0.4) is 0 Å². The van der Waals surface area contributed by atoms with Crippen molar-refractivity contribution in [2.45, 2.75) is 0 Å². The molecule has 2 heterocycles. The van der Waals surface area contributed by atoms with Crippen molar-refractivity contribution in [3.63, 3.8) is 0 Å². The van der Waals surface area contributed by atoms with Gasteiger partial charge in [0.25, 0.3) is 0 Å². The van der Waals surface area contributed by atoms with Crippen LogP contribution in [0.4, 0.5) is 0 Å². The molecule has 0 fully saturated rings. The van der Waals surface area contributed by atoms with E-state index < -0.39 is 0 Å². The first-order valence-electron chi connectivity index (χ1n) is 18.3. The van der Waals surface area contributed by atoms with Crippen LogP contribution in [-0.2, 0) is 0 Å². The largest absolute Gasteiger partial charge is 0.436 e. The topological polar surface area (TPSA) is 64.7 Å². The van der Waals surface area contributed by atoms with Crippen LogP contribution in [0, 0.1) is 0 Å². The molecule has 5 heteroatoms. The molecular formula is C50H32N4O. The van der Waals surface area contributed by atoms with Crippen LogP contribution in [0.1, 0.15) is 0 Å². The van der Waals surface area contributed by atoms with Gasteiger partial charge in [0, 0.05) is 22.3 Å². The third kappa shape index (κ3) is 6.24. The molecule has 0 aliphatic heterocycles. The Bertz CT molecular complexity index is 2920. The second-order valence-electron chi connectivity index (χ2n) is 13.5. The average Bonchev–Trinajstić information content (AvgIpc) is 3.71. The number of hydrogen-bond acceptors (Lipinski definition) is 5. The van der Waals surface area contributed by atoms with Crippen LogP contribution >= 0.6 is 0 Å². The maximum absolute atomic E-state index is 6.13. The molecule has 5 nitrogen and oxygen atoms in total. The predicted octanol–water partition coefficient (Wildman–Crippen LogP) is 12.8. The Balaban J connectivity index is 1.09. The van der Waals surface area contributed by atoms with Crippen molar-refractivity contribution in [1.29, 1.82) is 0 Å². The molecule has 0 aliphatic carbocycles. The summed E-state index contributed by atoms with van der Waals surface area (Å²) in [5.41, 5.74) is 12.0. The Morgan fingerprint density at radius 3 is 1.56 bits per heavy atom. The molecule has 10 aromatic rings. The van der Waals surface area contributed by atoms with Crippen LogP contribution in [0.25, 0.3) is 101 Å². The summed E-state index contributed by atoms with van der Waals surface area (Å²) in [7, 11) is 0. The highest BCUT2D eigenvalue weighted by molar-refractivity contribution is 6.05. The molecule has 0 amide bonds. The zero-order chi connectivity index (χ0) is 36.6. The molecule has 0 aliphatic rings. The lowest BCUT2D eigenvalue weighted by Gasteiger charge is -2.16. The van der Waals surface area contributed by atoms with Gasteiger partial charge >= 0.3 is 0 Å². The number of nitrogens with zero attached hydrogens (tertiary/aromatic N) is 4. The molecule has 0 atom stereocenters. The quantitative estimate of drug-likeness (QED) is 0.165. The van der Waals surface area contributed by atoms with Crippen molar-refractivity contribution in [2.24, 2.45) is 0 Å². The number of rotatable bonds is 7. The highest BCUT2D eigenvalue weighted by atomic mass is 16.3. The molecule has 258 valence electrons. The van der Waals surface area contributed by atoms with Crippen LogP contribution in [-0.4, -0.2) is 19.9 Å². The first kappa shape index (κ1) is 32.2. The van der Waals surface area contributed by atoms with Crippen molar-refractivity contribution in [2.75, 3.05) is 0 Å². The van der Waals surface area contributed by atoms with Gasteiger partial charge in [-0.15, -0.1) is 0 Å². The van der Waals surface area contributed by atoms with Gasteiger partial charge in [0.2, 0.25) is 5.89 Å². The lowest BCUT2D eigenvalue weighted by molar-refractivity contribution is 0.620. The highest BCUT2D eigenvalue weighted by Crippen LogP contribution is 2.41. The summed E-state index contributed by atoms with van der Waals surface area (Å²) >= 11 is 0. The first-order valence-corrected chi connectivity index (χ1v) is 18.3. The zero-order valence-electron chi connectivity index (χ0n) is 29.7. The molecule has 0 spiro atoms. The fourth-order valence-corrected chi connectivity index (χ4v) is 7.25. The summed E-state index contributed by atoms with van der Waals surface area (Å²) in [4.78, 5) is 19.8. The van der Waals surface area contributed by atoms with E-state index in [1.54, 1.807) is 0 Å². The molecular weight excluding hydrogens is 673 g/mol. The number of benzene rings is 8. The summed E-state index contributed by atoms with van der Waals surface area (Å²) in [6.45, 7) is 0. The standard InChI is InChI=1S/C50H32N4O/c1-4-15-34(16-5-1)47-52-48(35-17-6-2-7-18-35)54-49(53-47)41-24-13-22-39(31-41)43-28-26-33-14-10-11-25-42(33)46(43)40-23-12-21-37(30-40)38-27-29-45-44(32-38)51-50(55-45)36-19-8-3-9-20-36/h1-32H. The van der Waals surface area contributed by atoms with Gasteiger partial charge < -0.3 is 4.42 Å². The summed E-state index contributed by atoms with van der Waals surface area (Å²) in [5, 5.41) is 2.36. The van der Waals surface area contributed by atoms with Gasteiger partial charge in [-0.05, 0) is 80.6 Å². The maximum atomic E-state index is 6.13. The molecule has 0 radical (unpaired) electrons. The van der Waals surface area contributed by atoms with Gasteiger partial charge in [-0.1, -0.05) is 158 Å². The van der Waals surface area contributed by atoms with E-state index in [1.165, 1.54) is 10.8 Å². The molecule has 8 aromatic carbocycles. The van der Waals surface area contributed by atoms with E-state index in [9.17, 15) is 0 Å². The van der Waals surface area contributed by atoms with Crippen molar-refractivity contribution in [1.82, 2.24) is 19.9 Å². The number of aromatic nitrogens is 4. The Hall–Kier alpha value is -7.50. The molecule has 10 rings (SSSR count). The van der Waals surface area contributed by atoms with E-state index in [-0.39, 0.29) is 0 Å². The fraction of sp³-hybridized carbons (Fsp3) is 0. The van der Waals surface area contributed by atoms with Gasteiger partial charge in [-0.25, -0.2) is 19.9 Å². The Morgan fingerprint density at radius 1 is 0.327 bits per heavy atom. The van der Waals surface area contributed by atoms with E-state index in [2.05, 4.69) is 97.1 Å². The average molecular weight is 705 g/mol. The maximum Gasteiger partial charge on any atom is 0.227 e. The normalized spacial score (nSPS) is 11.3. The smallest absolute Gasteiger partial charge is 0.227 e. The SMILES string of the molecule is c1ccc(-c2nc(-c3ccccc3)nc(-c3cccc(-c4ccc5ccccc5c4-c4cccc(-c5ccc6oc(-c7ccccc7)nc6c5)c4)c3)n2)cc1. The van der Waals surface area contributed by atoms with Crippen LogP contribution in [0.5, 0.6) is 0 Å². The minimum absolute atomic E-state index is 0.619. The monoisotopic (exact) mass is 704 g/mol. The van der Waals surface area contributed by atoms with E-state index in [0.717, 1.165) is 66.7 Å². The van der Waals surface area contributed by atoms with Gasteiger partial charge in [0.1, 0.15) is 5.52 Å². The number of hydrogen-bond donors (Lipinski definition) is 0. The predicted molar refractivity (Wildman–Crippen MR) is 223 cm³/mol. The number of fused-ring (bicyclic) bond motifs is 2. The fourth-order valence-electron chi connectivity index (χ4n) is 7.25. The third-order valence-corrected chi connectivity index (χ3v) is 9.95. The third-order valence-electron chi connectivity index (χ3n) is 9.95. The lowest BCUT2D eigenvalue weighted by atomic mass is 9.88. The van der Waals surface area contributed by atoms with Gasteiger partial charge in [0.15, 0.2) is 23.1 Å². The van der Waals surface area contributed by atoms with Gasteiger partial charge in [0.05, 0.1) is 0 Å². The van der Waals surface area contributed by atoms with E-state index in [1.807, 2.05) is 97.1 Å². The molecule has 55 heavy (non-hydrogen) atoms. The first-order chi connectivity index (χ1) is 27.2. The second-order valence-corrected chi connectivity index (χ2v) is 13.5. The summed E-state index contributed by atoms with van der Waals surface area (Å²) in [6, 6.07) is 66.7. The molecule has 0 unspecified atom stereocenters. The molecule has 0 N–H and O–H groups in total. The van der Waals surface area contributed by atoms with E-state index in [4.69, 9.17) is 24.4 Å². The van der Waals surface area contributed by atoms with E-state index in [0.29, 0.717) is 23.4 Å². The summed E-state index contributed by atoms with van der Waals surface area (Å²) < 4.78 is 6.13. The van der Waals surface area contributed by atoms with Gasteiger partial charge in [-0.2, -0.15) is 0 Å². The molecule has 0 saturated heterocycles. The molecule has 0 saturated carbocycles. The zero-order valence-corrected chi connectivity index (χ0v) is 29.7. The van der Waals surface area contributed by atoms with Gasteiger partial charge in [-0.3, -0.25) is 0 Å². The molecule has 2 aromatic heterocycles. The summed E-state index contributed by atoms with van der Waals surface area (Å²) in [6.07, 6.45) is 0. The summed E-state index contributed by atoms with van der Waals surface area (Å²) in [5.74, 6) is 2.52. The Morgan fingerprint density at radius 2 is 0.855 bits per heavy atom. The van der Waals surface area contributed by atoms with Crippen molar-refractivity contribution in [3.05, 3.63) is 194 Å². The number of oxazole rings is 1. The lowest BCUT2D eigenvalue weighted by Crippen LogP contribution is -2.00. The Kier molecular flexibility index (Phi) is 8.08. The second kappa shape index (κ2) is 13.8. The minimum atomic E-state index is 0.619. The highest BCUT2D eigenvalue weighted by Gasteiger charge is 2.17. The van der Waals surface area contributed by atoms with Crippen LogP contribution in [0.15, 0.2) is 199 Å². The van der Waals surface area contributed by atoms with Crippen molar-refractivity contribution >= 4 is 21.9 Å². The van der Waals surface area contributed by atoms with Crippen molar-refractivity contribution < 1.29 is 4.42 Å². The minimum Gasteiger partial charge on any atom is -0.436 e. The van der Waals surface area contributed by atoms with Crippen LogP contribution in [0.2, 0.25) is 0 Å². The van der Waals surface area contributed by atoms with Crippen LogP contribution < -0.4 is 0 Å². The van der Waals surface area contributed by atoms with Crippen molar-refractivity contribution in [3.8, 4) is 79.0 Å². The Labute approximate surface area is 318 Å².